The van der Waals surface area contributed by atoms with Gasteiger partial charge in [-0.1, -0.05) is 18.2 Å². The maximum absolute atomic E-state index is 11.0. The van der Waals surface area contributed by atoms with Gasteiger partial charge in [-0.2, -0.15) is 0 Å². The van der Waals surface area contributed by atoms with Gasteiger partial charge in [0, 0.05) is 4.90 Å². The minimum atomic E-state index is -1.07. The molecule has 0 radical (unpaired) electrons. The van der Waals surface area contributed by atoms with Gasteiger partial charge in [-0.3, -0.25) is 9.59 Å². The minimum Gasteiger partial charge on any atom is -0.481 e. The molecule has 0 aliphatic rings. The summed E-state index contributed by atoms with van der Waals surface area (Å²) in [6.07, 6.45) is -0.389. The molecule has 0 spiro atoms. The molecule has 1 aromatic carbocycles. The lowest BCUT2D eigenvalue weighted by molar-refractivity contribution is -0.139. The van der Waals surface area contributed by atoms with Crippen molar-refractivity contribution in [3.63, 3.8) is 0 Å². The van der Waals surface area contributed by atoms with E-state index >= 15 is 0 Å². The number of carbonyl (C=O) groups is 2. The SMILES string of the molecule is O=C(O)CC(=O)CSc1ccccc1. The molecule has 0 fully saturated rings. The Kier molecular flexibility index (Phi) is 4.19. The topological polar surface area (TPSA) is 54.4 Å². The molecular weight excluding hydrogens is 200 g/mol. The average molecular weight is 210 g/mol. The van der Waals surface area contributed by atoms with E-state index in [2.05, 4.69) is 0 Å². The van der Waals surface area contributed by atoms with Crippen LogP contribution >= 0.6 is 11.8 Å². The van der Waals surface area contributed by atoms with Gasteiger partial charge in [0.05, 0.1) is 5.75 Å². The van der Waals surface area contributed by atoms with Crippen LogP contribution in [0.25, 0.3) is 0 Å². The minimum absolute atomic E-state index is 0.219. The van der Waals surface area contributed by atoms with Gasteiger partial charge in [-0.25, -0.2) is 0 Å². The first-order valence-corrected chi connectivity index (χ1v) is 5.08. The number of aliphatic carboxylic acids is 1. The zero-order valence-electron chi connectivity index (χ0n) is 7.47. The van der Waals surface area contributed by atoms with Crippen LogP contribution in [0.3, 0.4) is 0 Å². The van der Waals surface area contributed by atoms with Gasteiger partial charge >= 0.3 is 5.97 Å². The lowest BCUT2D eigenvalue weighted by Crippen LogP contribution is -2.08. The number of carboxylic acid groups (broad SMARTS) is 1. The van der Waals surface area contributed by atoms with Crippen LogP contribution in [0.15, 0.2) is 35.2 Å². The summed E-state index contributed by atoms with van der Waals surface area (Å²) in [5.41, 5.74) is 0. The standard InChI is InChI=1S/C10H10O3S/c11-8(6-10(12)13)7-14-9-4-2-1-3-5-9/h1-5H,6-7H2,(H,12,13). The van der Waals surface area contributed by atoms with Gasteiger partial charge in [0.15, 0.2) is 5.78 Å². The highest BCUT2D eigenvalue weighted by atomic mass is 32.2. The van der Waals surface area contributed by atoms with E-state index in [1.807, 2.05) is 30.3 Å². The van der Waals surface area contributed by atoms with E-state index in [0.717, 1.165) is 4.90 Å². The second-order valence-electron chi connectivity index (χ2n) is 2.71. The van der Waals surface area contributed by atoms with E-state index in [9.17, 15) is 9.59 Å². The molecule has 0 saturated heterocycles. The molecule has 0 aromatic heterocycles. The van der Waals surface area contributed by atoms with Crippen molar-refractivity contribution in [1.29, 1.82) is 0 Å². The quantitative estimate of drug-likeness (QED) is 0.595. The summed E-state index contributed by atoms with van der Waals surface area (Å²) in [6.45, 7) is 0. The Bertz CT molecular complexity index is 321. The molecule has 3 nitrogen and oxygen atoms in total. The second kappa shape index (κ2) is 5.44. The number of rotatable bonds is 5. The van der Waals surface area contributed by atoms with Gasteiger partial charge in [-0.15, -0.1) is 11.8 Å². The van der Waals surface area contributed by atoms with Crippen LogP contribution < -0.4 is 0 Å². The van der Waals surface area contributed by atoms with Crippen LogP contribution in [0.4, 0.5) is 0 Å². The van der Waals surface area contributed by atoms with Gasteiger partial charge in [-0.05, 0) is 12.1 Å². The van der Waals surface area contributed by atoms with Gasteiger partial charge in [0.2, 0.25) is 0 Å². The summed E-state index contributed by atoms with van der Waals surface area (Å²) < 4.78 is 0. The summed E-state index contributed by atoms with van der Waals surface area (Å²) in [5, 5.41) is 8.35. The van der Waals surface area contributed by atoms with Crippen LogP contribution in [0.2, 0.25) is 0 Å². The summed E-state index contributed by atoms with van der Waals surface area (Å²) in [4.78, 5) is 22.2. The fourth-order valence-electron chi connectivity index (χ4n) is 0.900. The van der Waals surface area contributed by atoms with Crippen LogP contribution in [-0.2, 0) is 9.59 Å². The van der Waals surface area contributed by atoms with E-state index in [4.69, 9.17) is 5.11 Å². The summed E-state index contributed by atoms with van der Waals surface area (Å²) in [6, 6.07) is 9.43. The predicted octanol–water partition coefficient (Wildman–Crippen LogP) is 1.82. The van der Waals surface area contributed by atoms with Crippen LogP contribution in [-0.4, -0.2) is 22.6 Å². The Morgan fingerprint density at radius 1 is 1.21 bits per heavy atom. The smallest absolute Gasteiger partial charge is 0.310 e. The van der Waals surface area contributed by atoms with Crippen molar-refractivity contribution in [2.24, 2.45) is 0 Å². The molecule has 0 amide bonds. The van der Waals surface area contributed by atoms with Crippen LogP contribution in [0.1, 0.15) is 6.42 Å². The maximum atomic E-state index is 11.0. The molecular formula is C10H10O3S. The van der Waals surface area contributed by atoms with Crippen molar-refractivity contribution in [1.82, 2.24) is 0 Å². The summed E-state index contributed by atoms with van der Waals surface area (Å²) in [7, 11) is 0. The van der Waals surface area contributed by atoms with Crippen molar-refractivity contribution >= 4 is 23.5 Å². The van der Waals surface area contributed by atoms with Crippen molar-refractivity contribution in [2.45, 2.75) is 11.3 Å². The third-order valence-corrected chi connectivity index (χ3v) is 2.56. The molecule has 74 valence electrons. The Morgan fingerprint density at radius 3 is 2.43 bits per heavy atom. The van der Waals surface area contributed by atoms with Crippen LogP contribution in [0.5, 0.6) is 0 Å². The molecule has 4 heteroatoms. The number of hydrogen-bond acceptors (Lipinski definition) is 3. The first kappa shape index (κ1) is 10.8. The largest absolute Gasteiger partial charge is 0.481 e. The predicted molar refractivity (Wildman–Crippen MR) is 54.4 cm³/mol. The molecule has 1 aromatic rings. The van der Waals surface area contributed by atoms with Crippen molar-refractivity contribution in [3.8, 4) is 0 Å². The second-order valence-corrected chi connectivity index (χ2v) is 3.76. The monoisotopic (exact) mass is 210 g/mol. The zero-order valence-corrected chi connectivity index (χ0v) is 8.29. The van der Waals surface area contributed by atoms with Gasteiger partial charge in [0.25, 0.3) is 0 Å². The Morgan fingerprint density at radius 2 is 1.86 bits per heavy atom. The number of carboxylic acids is 1. The van der Waals surface area contributed by atoms with E-state index in [1.54, 1.807) is 0 Å². The molecule has 0 unspecified atom stereocenters. The maximum Gasteiger partial charge on any atom is 0.310 e. The van der Waals surface area contributed by atoms with Crippen molar-refractivity contribution in [3.05, 3.63) is 30.3 Å². The Labute approximate surface area is 86.1 Å². The number of thioether (sulfide) groups is 1. The first-order valence-electron chi connectivity index (χ1n) is 4.10. The zero-order chi connectivity index (χ0) is 10.4. The third-order valence-electron chi connectivity index (χ3n) is 1.49. The molecule has 0 aliphatic carbocycles. The number of benzene rings is 1. The van der Waals surface area contributed by atoms with E-state index < -0.39 is 5.97 Å². The molecule has 0 heterocycles. The van der Waals surface area contributed by atoms with Crippen molar-refractivity contribution in [2.75, 3.05) is 5.75 Å². The summed E-state index contributed by atoms with van der Waals surface area (Å²) >= 11 is 1.36. The van der Waals surface area contributed by atoms with Crippen molar-refractivity contribution < 1.29 is 14.7 Å². The highest BCUT2D eigenvalue weighted by molar-refractivity contribution is 8.00. The highest BCUT2D eigenvalue weighted by Gasteiger charge is 2.07. The molecule has 1 N–H and O–H groups in total. The molecule has 14 heavy (non-hydrogen) atoms. The number of carbonyl (C=O) groups excluding carboxylic acids is 1. The lowest BCUT2D eigenvalue weighted by Gasteiger charge is -1.98. The first-order chi connectivity index (χ1) is 6.68. The van der Waals surface area contributed by atoms with Crippen LogP contribution in [0, 0.1) is 0 Å². The molecule has 1 rings (SSSR count). The molecule has 0 bridgehead atoms. The number of Topliss-reactive ketones (excluding diaryl/α,β-unsaturated/α-hetero) is 1. The molecule has 0 aliphatic heterocycles. The lowest BCUT2D eigenvalue weighted by atomic mass is 10.3. The average Bonchev–Trinajstić information content (AvgIpc) is 2.15. The Balaban J connectivity index is 2.34. The Hall–Kier alpha value is -1.29. The number of ketones is 1. The van der Waals surface area contributed by atoms with E-state index in [1.165, 1.54) is 11.8 Å². The highest BCUT2D eigenvalue weighted by Crippen LogP contribution is 2.16. The van der Waals surface area contributed by atoms with Gasteiger partial charge in [0.1, 0.15) is 6.42 Å². The fourth-order valence-corrected chi connectivity index (χ4v) is 1.68. The fraction of sp³-hybridized carbons (Fsp3) is 0.200. The van der Waals surface area contributed by atoms with E-state index in [0.29, 0.717) is 0 Å². The third kappa shape index (κ3) is 4.09. The normalized spacial score (nSPS) is 9.71. The number of hydrogen-bond donors (Lipinski definition) is 1. The molecule has 0 saturated carbocycles. The van der Waals surface area contributed by atoms with Gasteiger partial charge < -0.3 is 5.11 Å². The molecule has 0 atom stereocenters. The van der Waals surface area contributed by atoms with E-state index in [-0.39, 0.29) is 18.0 Å². The summed E-state index contributed by atoms with van der Waals surface area (Å²) in [5.74, 6) is -1.11.